The van der Waals surface area contributed by atoms with E-state index in [0.29, 0.717) is 11.3 Å². The van der Waals surface area contributed by atoms with Crippen LogP contribution in [0.5, 0.6) is 0 Å². The molecule has 0 aromatic heterocycles. The zero-order valence-corrected chi connectivity index (χ0v) is 17.9. The average molecular weight is 449 g/mol. The van der Waals surface area contributed by atoms with Crippen LogP contribution in [0.1, 0.15) is 39.2 Å². The summed E-state index contributed by atoms with van der Waals surface area (Å²) in [6.07, 6.45) is 0. The first-order valence-corrected chi connectivity index (χ1v) is 10.1. The minimum Gasteiger partial charge on any atom is -0.346 e. The highest BCUT2D eigenvalue weighted by molar-refractivity contribution is 7.80. The van der Waals surface area contributed by atoms with Crippen LogP contribution in [0.4, 0.5) is 11.4 Å². The molecule has 0 saturated carbocycles. The lowest BCUT2D eigenvalue weighted by atomic mass is 10.1. The third kappa shape index (κ3) is 5.96. The van der Waals surface area contributed by atoms with Crippen molar-refractivity contribution >= 4 is 40.5 Å². The fraction of sp³-hybridized carbons (Fsp3) is 0.0870. The molecule has 8 nitrogen and oxygen atoms in total. The van der Waals surface area contributed by atoms with Gasteiger partial charge in [-0.3, -0.25) is 25.0 Å². The highest BCUT2D eigenvalue weighted by Crippen LogP contribution is 2.16. The Bertz CT molecular complexity index is 1170. The summed E-state index contributed by atoms with van der Waals surface area (Å²) in [4.78, 5) is 35.2. The maximum absolute atomic E-state index is 12.6. The summed E-state index contributed by atoms with van der Waals surface area (Å²) in [5.41, 5.74) is 1.83. The lowest BCUT2D eigenvalue weighted by Crippen LogP contribution is -2.34. The van der Waals surface area contributed by atoms with Crippen LogP contribution in [0.3, 0.4) is 0 Å². The number of nitro benzene ring substituents is 1. The van der Waals surface area contributed by atoms with E-state index in [0.717, 1.165) is 11.6 Å². The second-order valence-corrected chi connectivity index (χ2v) is 7.31. The van der Waals surface area contributed by atoms with Gasteiger partial charge in [0, 0.05) is 28.9 Å². The molecule has 0 fully saturated rings. The van der Waals surface area contributed by atoms with E-state index >= 15 is 0 Å². The molecule has 0 saturated heterocycles. The summed E-state index contributed by atoms with van der Waals surface area (Å²) in [5, 5.41) is 19.1. The molecule has 1 atom stereocenters. The van der Waals surface area contributed by atoms with Crippen LogP contribution in [0.2, 0.25) is 0 Å². The topological polar surface area (TPSA) is 113 Å². The van der Waals surface area contributed by atoms with Gasteiger partial charge >= 0.3 is 0 Å². The van der Waals surface area contributed by atoms with Gasteiger partial charge in [0.1, 0.15) is 0 Å². The predicted octanol–water partition coefficient (Wildman–Crippen LogP) is 4.21. The molecule has 0 radical (unpaired) electrons. The van der Waals surface area contributed by atoms with Gasteiger partial charge in [0.05, 0.1) is 11.0 Å². The number of nitro groups is 1. The number of hydrogen-bond acceptors (Lipinski definition) is 5. The number of amides is 2. The molecule has 2 amide bonds. The molecule has 3 aromatic carbocycles. The van der Waals surface area contributed by atoms with Crippen molar-refractivity contribution in [2.45, 2.75) is 13.0 Å². The third-order valence-electron chi connectivity index (χ3n) is 4.58. The average Bonchev–Trinajstić information content (AvgIpc) is 2.79. The smallest absolute Gasteiger partial charge is 0.270 e. The lowest BCUT2D eigenvalue weighted by molar-refractivity contribution is -0.384. The summed E-state index contributed by atoms with van der Waals surface area (Å²) in [6.45, 7) is 1.90. The Hall–Kier alpha value is -4.11. The van der Waals surface area contributed by atoms with Gasteiger partial charge in [-0.15, -0.1) is 0 Å². The van der Waals surface area contributed by atoms with Gasteiger partial charge in [-0.2, -0.15) is 0 Å². The number of non-ortho nitro benzene ring substituents is 1. The van der Waals surface area contributed by atoms with Crippen molar-refractivity contribution < 1.29 is 14.5 Å². The van der Waals surface area contributed by atoms with Gasteiger partial charge in [0.15, 0.2) is 5.11 Å². The molecule has 32 heavy (non-hydrogen) atoms. The van der Waals surface area contributed by atoms with Gasteiger partial charge in [-0.05, 0) is 49.0 Å². The van der Waals surface area contributed by atoms with Gasteiger partial charge in [0.25, 0.3) is 17.5 Å². The minimum atomic E-state index is -0.586. The van der Waals surface area contributed by atoms with Crippen molar-refractivity contribution in [2.24, 2.45) is 0 Å². The molecule has 3 N–H and O–H groups in total. The number of anilines is 1. The highest BCUT2D eigenvalue weighted by atomic mass is 32.1. The Labute approximate surface area is 189 Å². The van der Waals surface area contributed by atoms with E-state index in [2.05, 4.69) is 16.0 Å². The summed E-state index contributed by atoms with van der Waals surface area (Å²) in [5.74, 6) is -0.840. The van der Waals surface area contributed by atoms with Crippen LogP contribution in [-0.2, 0) is 0 Å². The summed E-state index contributed by atoms with van der Waals surface area (Å²) in [7, 11) is 0. The second-order valence-electron chi connectivity index (χ2n) is 6.90. The number of rotatable bonds is 6. The molecule has 0 bridgehead atoms. The zero-order valence-electron chi connectivity index (χ0n) is 17.1. The van der Waals surface area contributed by atoms with E-state index in [1.165, 1.54) is 18.2 Å². The number of carbonyl (C=O) groups is 2. The van der Waals surface area contributed by atoms with Crippen molar-refractivity contribution in [3.8, 4) is 0 Å². The number of nitrogens with one attached hydrogen (secondary N) is 3. The molecule has 1 unspecified atom stereocenters. The molecule has 0 spiro atoms. The molecule has 3 aromatic rings. The molecule has 0 heterocycles. The maximum Gasteiger partial charge on any atom is 0.270 e. The molecule has 0 aliphatic carbocycles. The first kappa shape index (κ1) is 22.6. The van der Waals surface area contributed by atoms with E-state index in [9.17, 15) is 19.7 Å². The van der Waals surface area contributed by atoms with E-state index in [4.69, 9.17) is 12.2 Å². The van der Waals surface area contributed by atoms with Crippen molar-refractivity contribution in [1.82, 2.24) is 10.6 Å². The van der Waals surface area contributed by atoms with Crippen LogP contribution in [0.25, 0.3) is 0 Å². The van der Waals surface area contributed by atoms with Crippen LogP contribution in [0, 0.1) is 10.1 Å². The molecular formula is C23H20N4O4S. The second kappa shape index (κ2) is 10.3. The van der Waals surface area contributed by atoms with Crippen molar-refractivity contribution in [1.29, 1.82) is 0 Å². The number of carbonyl (C=O) groups excluding carboxylic acids is 2. The van der Waals surface area contributed by atoms with Crippen LogP contribution < -0.4 is 16.0 Å². The van der Waals surface area contributed by atoms with Crippen molar-refractivity contribution in [3.05, 3.63) is 106 Å². The fourth-order valence-electron chi connectivity index (χ4n) is 2.94. The van der Waals surface area contributed by atoms with Crippen molar-refractivity contribution in [2.75, 3.05) is 5.32 Å². The van der Waals surface area contributed by atoms with Gasteiger partial charge in [-0.1, -0.05) is 42.5 Å². The van der Waals surface area contributed by atoms with Crippen LogP contribution in [-0.4, -0.2) is 21.9 Å². The Balaban J connectivity index is 1.62. The Morgan fingerprint density at radius 1 is 0.906 bits per heavy atom. The monoisotopic (exact) mass is 448 g/mol. The first-order chi connectivity index (χ1) is 15.3. The van der Waals surface area contributed by atoms with E-state index < -0.39 is 10.8 Å². The summed E-state index contributed by atoms with van der Waals surface area (Å²) < 4.78 is 0. The first-order valence-electron chi connectivity index (χ1n) is 9.66. The number of thiocarbonyl (C=S) groups is 1. The largest absolute Gasteiger partial charge is 0.346 e. The fourth-order valence-corrected chi connectivity index (χ4v) is 3.15. The SMILES string of the molecule is CC(NC(=O)c1cccc(NC(=S)NC(=O)c2cccc([N+](=O)[O-])c2)c1)c1ccccc1. The van der Waals surface area contributed by atoms with E-state index in [1.807, 2.05) is 37.3 Å². The number of hydrogen-bond donors (Lipinski definition) is 3. The Morgan fingerprint density at radius 2 is 1.56 bits per heavy atom. The quantitative estimate of drug-likeness (QED) is 0.296. The minimum absolute atomic E-state index is 0.00304. The Kier molecular flexibility index (Phi) is 7.25. The normalized spacial score (nSPS) is 11.2. The molecule has 3 rings (SSSR count). The van der Waals surface area contributed by atoms with E-state index in [1.54, 1.807) is 24.3 Å². The van der Waals surface area contributed by atoms with Crippen molar-refractivity contribution in [3.63, 3.8) is 0 Å². The zero-order chi connectivity index (χ0) is 23.1. The van der Waals surface area contributed by atoms with Gasteiger partial charge < -0.3 is 10.6 Å². The standard InChI is InChI=1S/C23H20N4O4S/c1-15(16-7-3-2-4-8-16)24-21(28)17-9-5-11-19(13-17)25-23(32)26-22(29)18-10-6-12-20(14-18)27(30)31/h2-15H,1H3,(H,24,28)(H2,25,26,29,32). The Morgan fingerprint density at radius 3 is 2.25 bits per heavy atom. The number of nitrogens with zero attached hydrogens (tertiary/aromatic N) is 1. The van der Waals surface area contributed by atoms with Gasteiger partial charge in [-0.25, -0.2) is 0 Å². The summed E-state index contributed by atoms with van der Waals surface area (Å²) in [6, 6.07) is 21.4. The number of benzene rings is 3. The molecule has 0 aliphatic rings. The summed E-state index contributed by atoms with van der Waals surface area (Å²) >= 11 is 5.16. The lowest BCUT2D eigenvalue weighted by Gasteiger charge is -2.15. The van der Waals surface area contributed by atoms with Crippen LogP contribution in [0.15, 0.2) is 78.9 Å². The van der Waals surface area contributed by atoms with Crippen LogP contribution >= 0.6 is 12.2 Å². The highest BCUT2D eigenvalue weighted by Gasteiger charge is 2.14. The predicted molar refractivity (Wildman–Crippen MR) is 126 cm³/mol. The maximum atomic E-state index is 12.6. The van der Waals surface area contributed by atoms with Gasteiger partial charge in [0.2, 0.25) is 0 Å². The molecular weight excluding hydrogens is 428 g/mol. The molecule has 162 valence electrons. The third-order valence-corrected chi connectivity index (χ3v) is 4.78. The van der Waals surface area contributed by atoms with E-state index in [-0.39, 0.29) is 28.3 Å². The molecule has 9 heteroatoms. The molecule has 0 aliphatic heterocycles.